The van der Waals surface area contributed by atoms with Crippen LogP contribution in [0.5, 0.6) is 11.5 Å². The Morgan fingerprint density at radius 1 is 1.44 bits per heavy atom. The third kappa shape index (κ3) is 3.15. The summed E-state index contributed by atoms with van der Waals surface area (Å²) in [6.45, 7) is 1.90. The Morgan fingerprint density at radius 3 is 2.69 bits per heavy atom. The van der Waals surface area contributed by atoms with Crippen molar-refractivity contribution in [2.24, 2.45) is 0 Å². The summed E-state index contributed by atoms with van der Waals surface area (Å²) in [5.74, 6) is 1.23. The highest BCUT2D eigenvalue weighted by Crippen LogP contribution is 2.20. The van der Waals surface area contributed by atoms with Gasteiger partial charge in [0.15, 0.2) is 6.10 Å². The predicted octanol–water partition coefficient (Wildman–Crippen LogP) is 1.60. The number of benzene rings is 1. The Kier molecular flexibility index (Phi) is 4.64. The van der Waals surface area contributed by atoms with Crippen LogP contribution in [-0.2, 0) is 4.79 Å². The molecule has 0 heterocycles. The summed E-state index contributed by atoms with van der Waals surface area (Å²) in [6, 6.07) is 7.21. The first-order valence-corrected chi connectivity index (χ1v) is 5.23. The number of hydrogen-bond acceptors (Lipinski definition) is 3. The van der Waals surface area contributed by atoms with Crippen molar-refractivity contribution >= 4 is 5.91 Å². The summed E-state index contributed by atoms with van der Waals surface area (Å²) in [5, 5.41) is 2.57. The monoisotopic (exact) mass is 223 g/mol. The highest BCUT2D eigenvalue weighted by Gasteiger charge is 2.16. The van der Waals surface area contributed by atoms with Gasteiger partial charge in [-0.3, -0.25) is 4.79 Å². The molecule has 88 valence electrons. The van der Waals surface area contributed by atoms with Crippen LogP contribution in [0, 0.1) is 0 Å². The van der Waals surface area contributed by atoms with E-state index in [1.807, 2.05) is 19.1 Å². The lowest BCUT2D eigenvalue weighted by atomic mass is 10.2. The highest BCUT2D eigenvalue weighted by atomic mass is 16.5. The molecule has 4 nitrogen and oxygen atoms in total. The van der Waals surface area contributed by atoms with Crippen molar-refractivity contribution in [1.29, 1.82) is 0 Å². The van der Waals surface area contributed by atoms with Crippen molar-refractivity contribution in [2.75, 3.05) is 14.2 Å². The first-order valence-electron chi connectivity index (χ1n) is 5.23. The van der Waals surface area contributed by atoms with Crippen molar-refractivity contribution in [3.63, 3.8) is 0 Å². The average molecular weight is 223 g/mol. The van der Waals surface area contributed by atoms with Gasteiger partial charge in [-0.25, -0.2) is 0 Å². The Morgan fingerprint density at radius 2 is 2.12 bits per heavy atom. The topological polar surface area (TPSA) is 47.6 Å². The van der Waals surface area contributed by atoms with Gasteiger partial charge in [0.1, 0.15) is 11.5 Å². The zero-order chi connectivity index (χ0) is 12.0. The van der Waals surface area contributed by atoms with Crippen molar-refractivity contribution in [1.82, 2.24) is 5.32 Å². The van der Waals surface area contributed by atoms with E-state index >= 15 is 0 Å². The zero-order valence-corrected chi connectivity index (χ0v) is 9.82. The molecule has 1 aromatic rings. The van der Waals surface area contributed by atoms with Crippen LogP contribution >= 0.6 is 0 Å². The molecule has 1 atom stereocenters. The maximum absolute atomic E-state index is 11.4. The van der Waals surface area contributed by atoms with Crippen LogP contribution in [0.25, 0.3) is 0 Å². The van der Waals surface area contributed by atoms with Crippen molar-refractivity contribution in [2.45, 2.75) is 19.4 Å². The number of methoxy groups -OCH3 is 1. The van der Waals surface area contributed by atoms with Gasteiger partial charge in [0.25, 0.3) is 5.91 Å². The first-order chi connectivity index (χ1) is 7.71. The van der Waals surface area contributed by atoms with Crippen LogP contribution in [0.15, 0.2) is 24.3 Å². The van der Waals surface area contributed by atoms with Crippen LogP contribution in [-0.4, -0.2) is 26.2 Å². The van der Waals surface area contributed by atoms with Crippen LogP contribution in [0.4, 0.5) is 0 Å². The van der Waals surface area contributed by atoms with Gasteiger partial charge in [-0.15, -0.1) is 0 Å². The van der Waals surface area contributed by atoms with E-state index in [4.69, 9.17) is 9.47 Å². The number of carbonyl (C=O) groups is 1. The molecule has 0 saturated heterocycles. The Hall–Kier alpha value is -1.71. The van der Waals surface area contributed by atoms with Gasteiger partial charge in [0.2, 0.25) is 0 Å². The fourth-order valence-corrected chi connectivity index (χ4v) is 1.32. The molecule has 0 saturated carbocycles. The molecular formula is C12H17NO3. The number of nitrogens with one attached hydrogen (secondary N) is 1. The van der Waals surface area contributed by atoms with Crippen LogP contribution in [0.3, 0.4) is 0 Å². The lowest BCUT2D eigenvalue weighted by molar-refractivity contribution is -0.127. The molecule has 16 heavy (non-hydrogen) atoms. The fourth-order valence-electron chi connectivity index (χ4n) is 1.32. The third-order valence-electron chi connectivity index (χ3n) is 2.23. The molecule has 1 amide bonds. The second kappa shape index (κ2) is 6.00. The normalized spacial score (nSPS) is 11.7. The van der Waals surface area contributed by atoms with E-state index in [2.05, 4.69) is 5.32 Å². The van der Waals surface area contributed by atoms with Gasteiger partial charge in [0.05, 0.1) is 7.11 Å². The molecule has 0 aliphatic carbocycles. The predicted molar refractivity (Wildman–Crippen MR) is 61.8 cm³/mol. The summed E-state index contributed by atoms with van der Waals surface area (Å²) in [6.07, 6.45) is 0.161. The fraction of sp³-hybridized carbons (Fsp3) is 0.417. The molecule has 0 aliphatic heterocycles. The number of likely N-dealkylation sites (N-methyl/N-ethyl adjacent to an activating group) is 1. The molecule has 0 aromatic heterocycles. The van der Waals surface area contributed by atoms with E-state index in [9.17, 15) is 4.79 Å². The number of rotatable bonds is 5. The van der Waals surface area contributed by atoms with E-state index in [1.165, 1.54) is 0 Å². The smallest absolute Gasteiger partial charge is 0.260 e. The molecule has 0 bridgehead atoms. The van der Waals surface area contributed by atoms with Gasteiger partial charge in [0, 0.05) is 13.1 Å². The van der Waals surface area contributed by atoms with Gasteiger partial charge >= 0.3 is 0 Å². The van der Waals surface area contributed by atoms with E-state index < -0.39 is 6.10 Å². The van der Waals surface area contributed by atoms with Gasteiger partial charge < -0.3 is 14.8 Å². The number of amides is 1. The van der Waals surface area contributed by atoms with E-state index in [0.29, 0.717) is 17.9 Å². The van der Waals surface area contributed by atoms with Gasteiger partial charge in [-0.1, -0.05) is 13.0 Å². The second-order valence-electron chi connectivity index (χ2n) is 3.31. The highest BCUT2D eigenvalue weighted by molar-refractivity contribution is 5.80. The summed E-state index contributed by atoms with van der Waals surface area (Å²) in [7, 11) is 3.19. The minimum Gasteiger partial charge on any atom is -0.497 e. The molecule has 1 unspecified atom stereocenters. The summed E-state index contributed by atoms with van der Waals surface area (Å²) >= 11 is 0. The maximum atomic E-state index is 11.4. The SMILES string of the molecule is CCC(Oc1cccc(OC)c1)C(=O)NC. The van der Waals surface area contributed by atoms with Gasteiger partial charge in [-0.05, 0) is 18.6 Å². The lowest BCUT2D eigenvalue weighted by Gasteiger charge is -2.16. The first kappa shape index (κ1) is 12.4. The third-order valence-corrected chi connectivity index (χ3v) is 2.23. The van der Waals surface area contributed by atoms with E-state index in [1.54, 1.807) is 26.3 Å². The molecule has 1 aromatic carbocycles. The van der Waals surface area contributed by atoms with Crippen LogP contribution in [0.2, 0.25) is 0 Å². The standard InChI is InChI=1S/C12H17NO3/c1-4-11(12(14)13-2)16-10-7-5-6-9(8-10)15-3/h5-8,11H,4H2,1-3H3,(H,13,14). The summed E-state index contributed by atoms with van der Waals surface area (Å²) in [5.41, 5.74) is 0. The molecule has 1 N–H and O–H groups in total. The molecule has 0 radical (unpaired) electrons. The minimum absolute atomic E-state index is 0.120. The number of ether oxygens (including phenoxy) is 2. The number of hydrogen-bond donors (Lipinski definition) is 1. The minimum atomic E-state index is -0.461. The maximum Gasteiger partial charge on any atom is 0.260 e. The van der Waals surface area contributed by atoms with Crippen molar-refractivity contribution in [3.8, 4) is 11.5 Å². The van der Waals surface area contributed by atoms with Crippen LogP contribution < -0.4 is 14.8 Å². The van der Waals surface area contributed by atoms with Crippen molar-refractivity contribution < 1.29 is 14.3 Å². The Bertz CT molecular complexity index is 352. The molecule has 0 spiro atoms. The summed E-state index contributed by atoms with van der Waals surface area (Å²) in [4.78, 5) is 11.4. The lowest BCUT2D eigenvalue weighted by Crippen LogP contribution is -2.35. The quantitative estimate of drug-likeness (QED) is 0.824. The van der Waals surface area contributed by atoms with Gasteiger partial charge in [-0.2, -0.15) is 0 Å². The Labute approximate surface area is 95.6 Å². The van der Waals surface area contributed by atoms with Crippen LogP contribution in [0.1, 0.15) is 13.3 Å². The van der Waals surface area contributed by atoms with E-state index in [0.717, 1.165) is 0 Å². The Balaban J connectivity index is 2.73. The number of carbonyl (C=O) groups excluding carboxylic acids is 1. The molecule has 1 rings (SSSR count). The molecule has 0 aliphatic rings. The largest absolute Gasteiger partial charge is 0.497 e. The molecular weight excluding hydrogens is 206 g/mol. The average Bonchev–Trinajstić information content (AvgIpc) is 2.35. The van der Waals surface area contributed by atoms with E-state index in [-0.39, 0.29) is 5.91 Å². The second-order valence-corrected chi connectivity index (χ2v) is 3.31. The zero-order valence-electron chi connectivity index (χ0n) is 9.82. The van der Waals surface area contributed by atoms with Crippen molar-refractivity contribution in [3.05, 3.63) is 24.3 Å². The summed E-state index contributed by atoms with van der Waals surface area (Å²) < 4.78 is 10.6. The molecule has 0 fully saturated rings. The molecule has 4 heteroatoms.